The van der Waals surface area contributed by atoms with Gasteiger partial charge in [-0.3, -0.25) is 9.36 Å². The summed E-state index contributed by atoms with van der Waals surface area (Å²) >= 11 is 0. The molecule has 1 amide bonds. The minimum absolute atomic E-state index is 0.139. The Morgan fingerprint density at radius 2 is 1.72 bits per heavy atom. The Kier molecular flexibility index (Phi) is 3.78. The lowest BCUT2D eigenvalue weighted by Crippen LogP contribution is -2.11. The molecule has 0 saturated carbocycles. The van der Waals surface area contributed by atoms with Crippen molar-refractivity contribution in [2.24, 2.45) is 0 Å². The van der Waals surface area contributed by atoms with Crippen LogP contribution in [0.15, 0.2) is 79.1 Å². The summed E-state index contributed by atoms with van der Waals surface area (Å²) in [7, 11) is 0. The zero-order chi connectivity index (χ0) is 17.2. The van der Waals surface area contributed by atoms with Crippen LogP contribution in [0.3, 0.4) is 0 Å². The number of aromatic nitrogens is 2. The fourth-order valence-corrected chi connectivity index (χ4v) is 2.79. The zero-order valence-corrected chi connectivity index (χ0v) is 13.8. The molecule has 0 aliphatic carbocycles. The van der Waals surface area contributed by atoms with Crippen LogP contribution in [-0.4, -0.2) is 15.5 Å². The monoisotopic (exact) mass is 327 g/mol. The predicted molar refractivity (Wildman–Crippen MR) is 100 cm³/mol. The Morgan fingerprint density at radius 3 is 2.48 bits per heavy atom. The molecule has 4 heteroatoms. The molecule has 0 radical (unpaired) electrons. The number of carbonyl (C=O) groups excluding carboxylic acids is 1. The lowest BCUT2D eigenvalue weighted by Gasteiger charge is -2.07. The molecule has 0 atom stereocenters. The van der Waals surface area contributed by atoms with Gasteiger partial charge in [0, 0.05) is 16.9 Å². The second-order valence-corrected chi connectivity index (χ2v) is 5.97. The van der Waals surface area contributed by atoms with E-state index >= 15 is 0 Å². The van der Waals surface area contributed by atoms with Crippen LogP contribution in [0.4, 0.5) is 5.69 Å². The highest BCUT2D eigenvalue weighted by molar-refractivity contribution is 6.06. The van der Waals surface area contributed by atoms with Crippen molar-refractivity contribution in [3.05, 3.63) is 90.3 Å². The number of amides is 1. The van der Waals surface area contributed by atoms with Crippen LogP contribution in [0, 0.1) is 6.92 Å². The number of benzene rings is 3. The maximum atomic E-state index is 12.5. The van der Waals surface area contributed by atoms with Gasteiger partial charge >= 0.3 is 0 Å². The van der Waals surface area contributed by atoms with E-state index in [0.29, 0.717) is 5.56 Å². The van der Waals surface area contributed by atoms with Gasteiger partial charge in [0.05, 0.1) is 11.0 Å². The van der Waals surface area contributed by atoms with Crippen molar-refractivity contribution in [1.82, 2.24) is 9.55 Å². The van der Waals surface area contributed by atoms with Crippen LogP contribution in [-0.2, 0) is 0 Å². The van der Waals surface area contributed by atoms with Gasteiger partial charge in [0.2, 0.25) is 0 Å². The summed E-state index contributed by atoms with van der Waals surface area (Å²) in [5.41, 5.74) is 5.34. The average molecular weight is 327 g/mol. The first kappa shape index (κ1) is 15.1. The first-order chi connectivity index (χ1) is 12.2. The Hall–Kier alpha value is -3.40. The quantitative estimate of drug-likeness (QED) is 0.598. The zero-order valence-electron chi connectivity index (χ0n) is 13.8. The second-order valence-electron chi connectivity index (χ2n) is 5.97. The van der Waals surface area contributed by atoms with Crippen LogP contribution in [0.25, 0.3) is 16.7 Å². The number of fused-ring (bicyclic) bond motifs is 1. The van der Waals surface area contributed by atoms with E-state index in [0.717, 1.165) is 28.0 Å². The highest BCUT2D eigenvalue weighted by Gasteiger charge is 2.10. The van der Waals surface area contributed by atoms with E-state index in [1.165, 1.54) is 0 Å². The van der Waals surface area contributed by atoms with Crippen LogP contribution >= 0.6 is 0 Å². The number of carbonyl (C=O) groups is 1. The molecule has 1 heterocycles. The third-order valence-electron chi connectivity index (χ3n) is 4.15. The molecular formula is C21H17N3O. The molecule has 0 unspecified atom stereocenters. The van der Waals surface area contributed by atoms with Crippen molar-refractivity contribution < 1.29 is 4.79 Å². The molecule has 0 bridgehead atoms. The number of imidazole rings is 1. The number of rotatable bonds is 3. The summed E-state index contributed by atoms with van der Waals surface area (Å²) < 4.78 is 2.01. The number of anilines is 1. The normalized spacial score (nSPS) is 10.8. The van der Waals surface area contributed by atoms with Gasteiger partial charge in [-0.25, -0.2) is 4.98 Å². The van der Waals surface area contributed by atoms with Gasteiger partial charge in [-0.1, -0.05) is 35.9 Å². The molecule has 4 aromatic rings. The Bertz CT molecular complexity index is 1030. The van der Waals surface area contributed by atoms with Gasteiger partial charge in [0.15, 0.2) is 0 Å². The van der Waals surface area contributed by atoms with Crippen molar-refractivity contribution in [2.45, 2.75) is 6.92 Å². The minimum Gasteiger partial charge on any atom is -0.322 e. The largest absolute Gasteiger partial charge is 0.322 e. The first-order valence-corrected chi connectivity index (χ1v) is 8.11. The predicted octanol–water partition coefficient (Wildman–Crippen LogP) is 4.59. The molecular weight excluding hydrogens is 310 g/mol. The summed E-state index contributed by atoms with van der Waals surface area (Å²) in [6.45, 7) is 2.02. The number of para-hydroxylation sites is 1. The summed E-state index contributed by atoms with van der Waals surface area (Å²) in [6, 6.07) is 23.3. The van der Waals surface area contributed by atoms with Crippen molar-refractivity contribution in [1.29, 1.82) is 0 Å². The number of nitrogens with zero attached hydrogens (tertiary/aromatic N) is 2. The van der Waals surface area contributed by atoms with Crippen molar-refractivity contribution >= 4 is 22.6 Å². The fraction of sp³-hybridized carbons (Fsp3) is 0.0476. The Morgan fingerprint density at radius 1 is 0.960 bits per heavy atom. The molecule has 1 N–H and O–H groups in total. The van der Waals surface area contributed by atoms with E-state index in [1.54, 1.807) is 6.33 Å². The van der Waals surface area contributed by atoms with E-state index < -0.39 is 0 Å². The molecule has 3 aromatic carbocycles. The number of hydrogen-bond acceptors (Lipinski definition) is 2. The Balaban J connectivity index is 1.63. The second kappa shape index (κ2) is 6.24. The molecule has 0 spiro atoms. The van der Waals surface area contributed by atoms with Crippen LogP contribution in [0.5, 0.6) is 0 Å². The molecule has 122 valence electrons. The molecule has 4 rings (SSSR count). The smallest absolute Gasteiger partial charge is 0.255 e. The third-order valence-corrected chi connectivity index (χ3v) is 4.15. The molecule has 1 aromatic heterocycles. The van der Waals surface area contributed by atoms with Gasteiger partial charge in [-0.15, -0.1) is 0 Å². The van der Waals surface area contributed by atoms with Crippen LogP contribution < -0.4 is 5.32 Å². The topological polar surface area (TPSA) is 46.9 Å². The van der Waals surface area contributed by atoms with E-state index in [-0.39, 0.29) is 5.91 Å². The molecule has 0 saturated heterocycles. The molecule has 25 heavy (non-hydrogen) atoms. The first-order valence-electron chi connectivity index (χ1n) is 8.11. The van der Waals surface area contributed by atoms with Crippen molar-refractivity contribution in [3.8, 4) is 5.69 Å². The van der Waals surface area contributed by atoms with Crippen molar-refractivity contribution in [2.75, 3.05) is 5.32 Å². The van der Waals surface area contributed by atoms with Gasteiger partial charge in [0.25, 0.3) is 5.91 Å². The third kappa shape index (κ3) is 3.02. The summed E-state index contributed by atoms with van der Waals surface area (Å²) in [5, 5.41) is 2.92. The lowest BCUT2D eigenvalue weighted by atomic mass is 10.1. The van der Waals surface area contributed by atoms with Crippen LogP contribution in [0.1, 0.15) is 15.9 Å². The Labute approximate surface area is 145 Å². The minimum atomic E-state index is -0.139. The van der Waals surface area contributed by atoms with Gasteiger partial charge in [-0.2, -0.15) is 0 Å². The van der Waals surface area contributed by atoms with E-state index in [4.69, 9.17) is 0 Å². The van der Waals surface area contributed by atoms with Gasteiger partial charge in [0.1, 0.15) is 6.33 Å². The molecule has 0 aliphatic rings. The molecule has 0 aliphatic heterocycles. The van der Waals surface area contributed by atoms with Crippen molar-refractivity contribution in [3.63, 3.8) is 0 Å². The summed E-state index contributed by atoms with van der Waals surface area (Å²) in [6.07, 6.45) is 1.78. The van der Waals surface area contributed by atoms with Gasteiger partial charge in [-0.05, 0) is 49.4 Å². The van der Waals surface area contributed by atoms with Gasteiger partial charge < -0.3 is 5.32 Å². The molecule has 4 nitrogen and oxygen atoms in total. The fourth-order valence-electron chi connectivity index (χ4n) is 2.79. The lowest BCUT2D eigenvalue weighted by molar-refractivity contribution is 0.102. The van der Waals surface area contributed by atoms with E-state index in [1.807, 2.05) is 84.3 Å². The standard InChI is InChI=1S/C21H17N3O/c1-15-7-10-17(11-8-15)23-21(25)16-9-12-20-19(13-16)22-14-24(20)18-5-3-2-4-6-18/h2-14H,1H3,(H,23,25). The average Bonchev–Trinajstić information content (AvgIpc) is 3.07. The maximum absolute atomic E-state index is 12.5. The number of hydrogen-bond donors (Lipinski definition) is 1. The summed E-state index contributed by atoms with van der Waals surface area (Å²) in [4.78, 5) is 16.9. The highest BCUT2D eigenvalue weighted by atomic mass is 16.1. The maximum Gasteiger partial charge on any atom is 0.255 e. The van der Waals surface area contributed by atoms with Crippen LogP contribution in [0.2, 0.25) is 0 Å². The molecule has 0 fully saturated rings. The number of aryl methyl sites for hydroxylation is 1. The van der Waals surface area contributed by atoms with E-state index in [2.05, 4.69) is 10.3 Å². The summed E-state index contributed by atoms with van der Waals surface area (Å²) in [5.74, 6) is -0.139. The number of nitrogens with one attached hydrogen (secondary N) is 1. The highest BCUT2D eigenvalue weighted by Crippen LogP contribution is 2.20. The SMILES string of the molecule is Cc1ccc(NC(=O)c2ccc3c(c2)ncn3-c2ccccc2)cc1. The van der Waals surface area contributed by atoms with E-state index in [9.17, 15) is 4.79 Å².